The molecule has 0 aromatic heterocycles. The molecule has 0 spiro atoms. The molecular formula is C14H19NO4. The van der Waals surface area contributed by atoms with Crippen LogP contribution in [-0.2, 0) is 18.0 Å². The van der Waals surface area contributed by atoms with Gasteiger partial charge in [0.1, 0.15) is 0 Å². The highest BCUT2D eigenvalue weighted by Crippen LogP contribution is 2.10. The van der Waals surface area contributed by atoms with Crippen molar-refractivity contribution in [2.24, 2.45) is 0 Å². The van der Waals surface area contributed by atoms with Gasteiger partial charge in [0.15, 0.2) is 0 Å². The molecule has 1 unspecified atom stereocenters. The number of amides is 1. The van der Waals surface area contributed by atoms with Crippen molar-refractivity contribution in [1.82, 2.24) is 5.32 Å². The van der Waals surface area contributed by atoms with Crippen molar-refractivity contribution in [2.75, 3.05) is 6.61 Å². The van der Waals surface area contributed by atoms with Crippen LogP contribution >= 0.6 is 0 Å². The molecule has 1 rings (SSSR count). The Hall–Kier alpha value is -1.85. The average molecular weight is 265 g/mol. The Balaban J connectivity index is 2.46. The zero-order valence-corrected chi connectivity index (χ0v) is 10.7. The van der Waals surface area contributed by atoms with Gasteiger partial charge >= 0.3 is 6.09 Å². The summed E-state index contributed by atoms with van der Waals surface area (Å²) >= 11 is 0. The van der Waals surface area contributed by atoms with Crippen molar-refractivity contribution >= 4 is 6.09 Å². The quantitative estimate of drug-likeness (QED) is 0.627. The first-order valence-electron chi connectivity index (χ1n) is 6.03. The van der Waals surface area contributed by atoms with E-state index >= 15 is 0 Å². The lowest BCUT2D eigenvalue weighted by atomic mass is 10.1. The van der Waals surface area contributed by atoms with Gasteiger partial charge in [-0.1, -0.05) is 30.3 Å². The van der Waals surface area contributed by atoms with E-state index in [-0.39, 0.29) is 19.3 Å². The minimum absolute atomic E-state index is 0.0387. The summed E-state index contributed by atoms with van der Waals surface area (Å²) in [6.07, 6.45) is 1.07. The normalized spacial score (nSPS) is 11.8. The molecule has 0 fully saturated rings. The van der Waals surface area contributed by atoms with Crippen molar-refractivity contribution in [1.29, 1.82) is 0 Å². The highest BCUT2D eigenvalue weighted by molar-refractivity contribution is 5.64. The first kappa shape index (κ1) is 15.2. The number of benzene rings is 1. The van der Waals surface area contributed by atoms with E-state index in [2.05, 4.69) is 11.9 Å². The van der Waals surface area contributed by atoms with Gasteiger partial charge in [-0.2, -0.15) is 0 Å². The highest BCUT2D eigenvalue weighted by Gasteiger charge is 2.10. The van der Waals surface area contributed by atoms with E-state index in [0.29, 0.717) is 13.0 Å². The van der Waals surface area contributed by atoms with Crippen molar-refractivity contribution in [3.8, 4) is 0 Å². The third kappa shape index (κ3) is 5.54. The number of carbonyl (C=O) groups is 1. The standard InChI is InChI=1S/C14H19NO4/c1-2-5-13(15-14(17)18)10-19-9-12-7-4-3-6-11(12)8-16/h2-4,6-7,13,15-16H,1,5,8-10H2,(H,17,18). The maximum atomic E-state index is 10.6. The molecule has 0 bridgehead atoms. The summed E-state index contributed by atoms with van der Waals surface area (Å²) in [5.74, 6) is 0. The number of hydrogen-bond donors (Lipinski definition) is 3. The molecular weight excluding hydrogens is 246 g/mol. The van der Waals surface area contributed by atoms with Crippen LogP contribution in [-0.4, -0.2) is 29.0 Å². The van der Waals surface area contributed by atoms with Gasteiger partial charge in [-0.25, -0.2) is 4.79 Å². The Bertz CT molecular complexity index is 420. The summed E-state index contributed by atoms with van der Waals surface area (Å²) in [7, 11) is 0. The monoisotopic (exact) mass is 265 g/mol. The van der Waals surface area contributed by atoms with Gasteiger partial charge < -0.3 is 20.3 Å². The number of aliphatic hydroxyl groups excluding tert-OH is 1. The Morgan fingerprint density at radius 3 is 2.68 bits per heavy atom. The van der Waals surface area contributed by atoms with E-state index in [1.165, 1.54) is 0 Å². The largest absolute Gasteiger partial charge is 0.465 e. The molecule has 0 aliphatic heterocycles. The zero-order chi connectivity index (χ0) is 14.1. The number of rotatable bonds is 8. The molecule has 5 nitrogen and oxygen atoms in total. The summed E-state index contributed by atoms with van der Waals surface area (Å²) in [5, 5.41) is 20.2. The Morgan fingerprint density at radius 2 is 2.11 bits per heavy atom. The predicted molar refractivity (Wildman–Crippen MR) is 71.8 cm³/mol. The fourth-order valence-electron chi connectivity index (χ4n) is 1.71. The van der Waals surface area contributed by atoms with Gasteiger partial charge in [-0.3, -0.25) is 0 Å². The minimum Gasteiger partial charge on any atom is -0.465 e. The van der Waals surface area contributed by atoms with Gasteiger partial charge in [-0.05, 0) is 17.5 Å². The van der Waals surface area contributed by atoms with Crippen LogP contribution in [0, 0.1) is 0 Å². The second-order valence-corrected chi connectivity index (χ2v) is 4.11. The maximum absolute atomic E-state index is 10.6. The third-order valence-corrected chi connectivity index (χ3v) is 2.64. The fourth-order valence-corrected chi connectivity index (χ4v) is 1.71. The third-order valence-electron chi connectivity index (χ3n) is 2.64. The number of aliphatic hydroxyl groups is 1. The van der Waals surface area contributed by atoms with Crippen LogP contribution in [0.4, 0.5) is 4.79 Å². The summed E-state index contributed by atoms with van der Waals surface area (Å²) in [5.41, 5.74) is 1.71. The molecule has 0 saturated carbocycles. The molecule has 0 aliphatic rings. The van der Waals surface area contributed by atoms with Crippen molar-refractivity contribution in [3.63, 3.8) is 0 Å². The second kappa shape index (κ2) is 8.29. The fraction of sp³-hybridized carbons (Fsp3) is 0.357. The summed E-state index contributed by atoms with van der Waals surface area (Å²) in [4.78, 5) is 10.6. The lowest BCUT2D eigenvalue weighted by Crippen LogP contribution is -2.36. The van der Waals surface area contributed by atoms with E-state index in [0.717, 1.165) is 11.1 Å². The molecule has 104 valence electrons. The number of nitrogens with one attached hydrogen (secondary N) is 1. The number of ether oxygens (including phenoxy) is 1. The van der Waals surface area contributed by atoms with Gasteiger partial charge in [-0.15, -0.1) is 6.58 Å². The van der Waals surface area contributed by atoms with E-state index in [1.54, 1.807) is 6.08 Å². The lowest BCUT2D eigenvalue weighted by Gasteiger charge is -2.16. The minimum atomic E-state index is -1.08. The van der Waals surface area contributed by atoms with Crippen LogP contribution in [0.3, 0.4) is 0 Å². The highest BCUT2D eigenvalue weighted by atomic mass is 16.5. The van der Waals surface area contributed by atoms with Crippen LogP contribution in [0.1, 0.15) is 17.5 Å². The molecule has 0 saturated heterocycles. The van der Waals surface area contributed by atoms with Gasteiger partial charge in [0.05, 0.1) is 25.9 Å². The number of carboxylic acid groups (broad SMARTS) is 1. The van der Waals surface area contributed by atoms with E-state index in [9.17, 15) is 9.90 Å². The summed E-state index contributed by atoms with van der Waals surface area (Å²) in [6, 6.07) is 7.11. The average Bonchev–Trinajstić information content (AvgIpc) is 2.39. The predicted octanol–water partition coefficient (Wildman–Crippen LogP) is 1.91. The first-order chi connectivity index (χ1) is 9.17. The molecule has 19 heavy (non-hydrogen) atoms. The Morgan fingerprint density at radius 1 is 1.42 bits per heavy atom. The van der Waals surface area contributed by atoms with Crippen molar-refractivity contribution in [2.45, 2.75) is 25.7 Å². The van der Waals surface area contributed by atoms with Gasteiger partial charge in [0.25, 0.3) is 0 Å². The van der Waals surface area contributed by atoms with Crippen LogP contribution in [0.25, 0.3) is 0 Å². The zero-order valence-electron chi connectivity index (χ0n) is 10.7. The molecule has 1 aromatic carbocycles. The van der Waals surface area contributed by atoms with E-state index < -0.39 is 6.09 Å². The molecule has 0 aliphatic carbocycles. The molecule has 1 amide bonds. The van der Waals surface area contributed by atoms with Crippen LogP contribution in [0.15, 0.2) is 36.9 Å². The topological polar surface area (TPSA) is 78.8 Å². The molecule has 1 atom stereocenters. The summed E-state index contributed by atoms with van der Waals surface area (Å²) in [6.45, 7) is 4.14. The Labute approximate surface area is 112 Å². The first-order valence-corrected chi connectivity index (χ1v) is 6.03. The van der Waals surface area contributed by atoms with E-state index in [4.69, 9.17) is 9.84 Å². The molecule has 5 heteroatoms. The van der Waals surface area contributed by atoms with Crippen molar-refractivity contribution in [3.05, 3.63) is 48.0 Å². The van der Waals surface area contributed by atoms with Gasteiger partial charge in [0, 0.05) is 0 Å². The smallest absolute Gasteiger partial charge is 0.404 e. The van der Waals surface area contributed by atoms with Gasteiger partial charge in [0.2, 0.25) is 0 Å². The van der Waals surface area contributed by atoms with E-state index in [1.807, 2.05) is 24.3 Å². The van der Waals surface area contributed by atoms with Crippen LogP contribution < -0.4 is 5.32 Å². The van der Waals surface area contributed by atoms with Crippen LogP contribution in [0.2, 0.25) is 0 Å². The second-order valence-electron chi connectivity index (χ2n) is 4.11. The van der Waals surface area contributed by atoms with Crippen LogP contribution in [0.5, 0.6) is 0 Å². The molecule has 0 radical (unpaired) electrons. The van der Waals surface area contributed by atoms with Crippen molar-refractivity contribution < 1.29 is 19.7 Å². The summed E-state index contributed by atoms with van der Waals surface area (Å²) < 4.78 is 5.49. The molecule has 0 heterocycles. The lowest BCUT2D eigenvalue weighted by molar-refractivity contribution is 0.0958. The number of hydrogen-bond acceptors (Lipinski definition) is 3. The SMILES string of the molecule is C=CCC(COCc1ccccc1CO)NC(=O)O. The Kier molecular flexibility index (Phi) is 6.63. The molecule has 3 N–H and O–H groups in total. The molecule has 1 aromatic rings. The maximum Gasteiger partial charge on any atom is 0.404 e.